The molecule has 0 aliphatic carbocycles. The normalized spacial score (nSPS) is 30.2. The lowest BCUT2D eigenvalue weighted by atomic mass is 9.84. The molecule has 2 amide bonds. The Labute approximate surface area is 187 Å². The van der Waals surface area contributed by atoms with E-state index in [0.717, 1.165) is 0 Å². The molecule has 32 heavy (non-hydrogen) atoms. The second-order valence-corrected chi connectivity index (χ2v) is 9.39. The molecule has 1 aliphatic heterocycles. The highest BCUT2D eigenvalue weighted by Gasteiger charge is 2.46. The van der Waals surface area contributed by atoms with Crippen molar-refractivity contribution in [2.24, 2.45) is 5.41 Å². The summed E-state index contributed by atoms with van der Waals surface area (Å²) in [6, 6.07) is -2.06. The minimum atomic E-state index is -1.71. The molecule has 188 valence electrons. The predicted octanol–water partition coefficient (Wildman–Crippen LogP) is -3.03. The molecule has 12 heteroatoms. The minimum Gasteiger partial charge on any atom is -0.394 e. The fourth-order valence-corrected chi connectivity index (χ4v) is 3.55. The van der Waals surface area contributed by atoms with Crippen molar-refractivity contribution in [2.45, 2.75) is 96.0 Å². The molecule has 1 aliphatic rings. The van der Waals surface area contributed by atoms with Gasteiger partial charge in [-0.2, -0.15) is 0 Å². The van der Waals surface area contributed by atoms with Crippen LogP contribution < -0.4 is 10.6 Å². The monoisotopic (exact) mass is 466 g/mol. The SMILES string of the molecule is CC(=O)N[C@H]1[C@H](OC[C@@H](O)[C@@H](O)[C@H](O)[C@H](CC(C)(C)C)NC(C)=O)O[C@H](CO)[C@@H](O)[C@@H]1O. The third kappa shape index (κ3) is 8.52. The van der Waals surface area contributed by atoms with E-state index in [4.69, 9.17) is 9.47 Å². The summed E-state index contributed by atoms with van der Waals surface area (Å²) in [5, 5.41) is 65.9. The van der Waals surface area contributed by atoms with Crippen molar-refractivity contribution in [1.82, 2.24) is 10.6 Å². The van der Waals surface area contributed by atoms with E-state index in [1.54, 1.807) is 0 Å². The lowest BCUT2D eigenvalue weighted by Gasteiger charge is -2.42. The highest BCUT2D eigenvalue weighted by atomic mass is 16.7. The standard InChI is InChI=1S/C20H38N2O10/c1-9(24)21-11(6-20(3,4)5)15(27)16(28)12(26)8-31-19-14(22-10(2)25)18(30)17(29)13(7-23)32-19/h11-19,23,26-30H,6-8H2,1-5H3,(H,21,24)(H,22,25)/t11-,12+,13+,14+,15+,16+,17+,18+,19+/m0/s1. The number of aliphatic hydroxyl groups is 6. The zero-order chi connectivity index (χ0) is 24.8. The fourth-order valence-electron chi connectivity index (χ4n) is 3.55. The van der Waals surface area contributed by atoms with Crippen LogP contribution in [-0.4, -0.2) is 111 Å². The summed E-state index contributed by atoms with van der Waals surface area (Å²) in [6.45, 7) is 6.90. The van der Waals surface area contributed by atoms with Crippen molar-refractivity contribution in [1.29, 1.82) is 0 Å². The molecule has 0 bridgehead atoms. The maximum absolute atomic E-state index is 11.5. The number of nitrogens with one attached hydrogen (secondary N) is 2. The van der Waals surface area contributed by atoms with Crippen molar-refractivity contribution < 1.29 is 49.7 Å². The minimum absolute atomic E-state index is 0.299. The molecular formula is C20H38N2O10. The molecule has 0 saturated carbocycles. The van der Waals surface area contributed by atoms with E-state index in [0.29, 0.717) is 6.42 Å². The van der Waals surface area contributed by atoms with E-state index >= 15 is 0 Å². The Morgan fingerprint density at radius 2 is 1.62 bits per heavy atom. The maximum atomic E-state index is 11.5. The molecule has 1 fully saturated rings. The topological polar surface area (TPSA) is 198 Å². The van der Waals surface area contributed by atoms with Crippen LogP contribution in [0.3, 0.4) is 0 Å². The Hall–Kier alpha value is -1.38. The van der Waals surface area contributed by atoms with E-state index in [1.807, 2.05) is 20.8 Å². The van der Waals surface area contributed by atoms with Crippen molar-refractivity contribution in [3.8, 4) is 0 Å². The van der Waals surface area contributed by atoms with Gasteiger partial charge in [0.25, 0.3) is 0 Å². The molecule has 0 aromatic rings. The number of aliphatic hydroxyl groups excluding tert-OH is 6. The Morgan fingerprint density at radius 3 is 2.09 bits per heavy atom. The van der Waals surface area contributed by atoms with E-state index in [-0.39, 0.29) is 5.41 Å². The van der Waals surface area contributed by atoms with Gasteiger partial charge in [-0.25, -0.2) is 0 Å². The van der Waals surface area contributed by atoms with Crippen LogP contribution in [0.1, 0.15) is 41.0 Å². The predicted molar refractivity (Wildman–Crippen MR) is 111 cm³/mol. The van der Waals surface area contributed by atoms with E-state index in [2.05, 4.69) is 10.6 Å². The van der Waals surface area contributed by atoms with Gasteiger partial charge in [0.15, 0.2) is 6.29 Å². The lowest BCUT2D eigenvalue weighted by molar-refractivity contribution is -0.277. The number of carbonyl (C=O) groups excluding carboxylic acids is 2. The molecule has 1 rings (SSSR count). The number of rotatable bonds is 10. The van der Waals surface area contributed by atoms with Crippen molar-refractivity contribution >= 4 is 11.8 Å². The molecule has 8 N–H and O–H groups in total. The smallest absolute Gasteiger partial charge is 0.217 e. The van der Waals surface area contributed by atoms with Gasteiger partial charge in [-0.15, -0.1) is 0 Å². The van der Waals surface area contributed by atoms with Gasteiger partial charge in [0, 0.05) is 13.8 Å². The van der Waals surface area contributed by atoms with Crippen LogP contribution in [0.5, 0.6) is 0 Å². The maximum Gasteiger partial charge on any atom is 0.217 e. The van der Waals surface area contributed by atoms with Gasteiger partial charge in [0.2, 0.25) is 11.8 Å². The molecule has 12 nitrogen and oxygen atoms in total. The quantitative estimate of drug-likeness (QED) is 0.164. The number of ether oxygens (including phenoxy) is 2. The van der Waals surface area contributed by atoms with Gasteiger partial charge in [-0.05, 0) is 11.8 Å². The number of carbonyl (C=O) groups is 2. The number of hydrogen-bond acceptors (Lipinski definition) is 10. The Morgan fingerprint density at radius 1 is 1.03 bits per heavy atom. The van der Waals surface area contributed by atoms with Crippen LogP contribution in [-0.2, 0) is 19.1 Å². The van der Waals surface area contributed by atoms with Gasteiger partial charge in [0.05, 0.1) is 19.3 Å². The average molecular weight is 467 g/mol. The van der Waals surface area contributed by atoms with Crippen molar-refractivity contribution in [3.63, 3.8) is 0 Å². The summed E-state index contributed by atoms with van der Waals surface area (Å²) < 4.78 is 10.8. The zero-order valence-electron chi connectivity index (χ0n) is 19.1. The highest BCUT2D eigenvalue weighted by molar-refractivity contribution is 5.73. The van der Waals surface area contributed by atoms with E-state index in [9.17, 15) is 40.2 Å². The van der Waals surface area contributed by atoms with Gasteiger partial charge in [0.1, 0.15) is 42.7 Å². The zero-order valence-corrected chi connectivity index (χ0v) is 19.1. The molecule has 0 spiro atoms. The van der Waals surface area contributed by atoms with Gasteiger partial charge >= 0.3 is 0 Å². The van der Waals surface area contributed by atoms with Gasteiger partial charge in [-0.1, -0.05) is 20.8 Å². The number of amides is 2. The lowest BCUT2D eigenvalue weighted by Crippen LogP contribution is -2.65. The molecular weight excluding hydrogens is 428 g/mol. The summed E-state index contributed by atoms with van der Waals surface area (Å²) >= 11 is 0. The highest BCUT2D eigenvalue weighted by Crippen LogP contribution is 2.25. The third-order valence-electron chi connectivity index (χ3n) is 5.06. The van der Waals surface area contributed by atoms with Gasteiger partial charge < -0.3 is 50.7 Å². The first-order valence-electron chi connectivity index (χ1n) is 10.5. The van der Waals surface area contributed by atoms with E-state index in [1.165, 1.54) is 13.8 Å². The third-order valence-corrected chi connectivity index (χ3v) is 5.06. The molecule has 0 unspecified atom stereocenters. The molecule has 0 aromatic carbocycles. The Kier molecular flexibility index (Phi) is 10.9. The second-order valence-electron chi connectivity index (χ2n) is 9.39. The van der Waals surface area contributed by atoms with Crippen molar-refractivity contribution in [2.75, 3.05) is 13.2 Å². The van der Waals surface area contributed by atoms with Crippen LogP contribution in [0, 0.1) is 5.41 Å². The summed E-state index contributed by atoms with van der Waals surface area (Å²) in [7, 11) is 0. The molecule has 9 atom stereocenters. The summed E-state index contributed by atoms with van der Waals surface area (Å²) in [5.74, 6) is -0.954. The van der Waals surface area contributed by atoms with Crippen LogP contribution in [0.15, 0.2) is 0 Å². The largest absolute Gasteiger partial charge is 0.394 e. The first-order chi connectivity index (χ1) is 14.7. The van der Waals surface area contributed by atoms with Gasteiger partial charge in [-0.3, -0.25) is 9.59 Å². The molecule has 0 radical (unpaired) electrons. The Bertz CT molecular complexity index is 614. The van der Waals surface area contributed by atoms with Crippen LogP contribution in [0.2, 0.25) is 0 Å². The second kappa shape index (κ2) is 12.2. The number of hydrogen-bond donors (Lipinski definition) is 8. The average Bonchev–Trinajstić information content (AvgIpc) is 2.67. The summed E-state index contributed by atoms with van der Waals surface area (Å²) in [6.07, 6.45) is -10.1. The molecule has 1 heterocycles. The summed E-state index contributed by atoms with van der Waals surface area (Å²) in [5.41, 5.74) is -0.299. The first-order valence-corrected chi connectivity index (χ1v) is 10.5. The van der Waals surface area contributed by atoms with Crippen LogP contribution >= 0.6 is 0 Å². The fraction of sp³-hybridized carbons (Fsp3) is 0.900. The van der Waals surface area contributed by atoms with E-state index < -0.39 is 80.0 Å². The molecule has 0 aromatic heterocycles. The summed E-state index contributed by atoms with van der Waals surface area (Å²) in [4.78, 5) is 23.0. The van der Waals surface area contributed by atoms with Crippen LogP contribution in [0.25, 0.3) is 0 Å². The molecule has 1 saturated heterocycles. The Balaban J connectivity index is 2.85. The van der Waals surface area contributed by atoms with Crippen molar-refractivity contribution in [3.05, 3.63) is 0 Å². The first kappa shape index (κ1) is 28.7. The van der Waals surface area contributed by atoms with Crippen LogP contribution in [0.4, 0.5) is 0 Å².